The van der Waals surface area contributed by atoms with E-state index in [-0.39, 0.29) is 22.8 Å². The summed E-state index contributed by atoms with van der Waals surface area (Å²) >= 11 is 0. The molecule has 6 heteroatoms. The highest BCUT2D eigenvalue weighted by molar-refractivity contribution is 5.59. The zero-order chi connectivity index (χ0) is 14.7. The molecule has 0 aromatic heterocycles. The number of hydrogen-bond acceptors (Lipinski definition) is 5. The van der Waals surface area contributed by atoms with Gasteiger partial charge in [-0.3, -0.25) is 10.1 Å². The third kappa shape index (κ3) is 2.97. The molecule has 0 saturated heterocycles. The molecule has 0 aliphatic rings. The average Bonchev–Trinajstić information content (AvgIpc) is 2.40. The van der Waals surface area contributed by atoms with Gasteiger partial charge in [-0.2, -0.15) is 0 Å². The van der Waals surface area contributed by atoms with E-state index in [9.17, 15) is 15.2 Å². The van der Waals surface area contributed by atoms with E-state index < -0.39 is 4.92 Å². The van der Waals surface area contributed by atoms with Gasteiger partial charge in [0, 0.05) is 6.07 Å². The number of nitro groups is 1. The lowest BCUT2D eigenvalue weighted by atomic mass is 10.2. The first-order valence-electron chi connectivity index (χ1n) is 5.94. The van der Waals surface area contributed by atoms with E-state index in [1.54, 1.807) is 25.1 Å². The van der Waals surface area contributed by atoms with E-state index >= 15 is 0 Å². The van der Waals surface area contributed by atoms with Crippen LogP contribution in [0.4, 0.5) is 17.1 Å². The van der Waals surface area contributed by atoms with Crippen LogP contribution < -0.4 is 0 Å². The van der Waals surface area contributed by atoms with Crippen LogP contribution in [0.5, 0.6) is 5.75 Å². The van der Waals surface area contributed by atoms with Crippen LogP contribution in [0.2, 0.25) is 0 Å². The topological polar surface area (TPSA) is 88.1 Å². The molecule has 0 radical (unpaired) electrons. The summed E-state index contributed by atoms with van der Waals surface area (Å²) in [6.45, 7) is 3.62. The van der Waals surface area contributed by atoms with Crippen LogP contribution in [0.1, 0.15) is 11.1 Å². The molecule has 0 aliphatic heterocycles. The van der Waals surface area contributed by atoms with Crippen molar-refractivity contribution in [2.24, 2.45) is 10.2 Å². The number of phenolic OH excluding ortho intramolecular Hbond substituents is 1. The van der Waals surface area contributed by atoms with Crippen molar-refractivity contribution >= 4 is 17.1 Å². The maximum absolute atomic E-state index is 11.0. The predicted octanol–water partition coefficient (Wildman–Crippen LogP) is 4.33. The number of nitro benzene ring substituents is 1. The van der Waals surface area contributed by atoms with Crippen LogP contribution in [0.15, 0.2) is 46.6 Å². The van der Waals surface area contributed by atoms with E-state index in [2.05, 4.69) is 10.2 Å². The van der Waals surface area contributed by atoms with Crippen LogP contribution in [0.25, 0.3) is 0 Å². The quantitative estimate of drug-likeness (QED) is 0.511. The van der Waals surface area contributed by atoms with E-state index in [0.717, 1.165) is 11.1 Å². The summed E-state index contributed by atoms with van der Waals surface area (Å²) in [6, 6.07) is 9.58. The zero-order valence-electron chi connectivity index (χ0n) is 11.1. The minimum atomic E-state index is -0.503. The van der Waals surface area contributed by atoms with Crippen molar-refractivity contribution in [2.75, 3.05) is 0 Å². The van der Waals surface area contributed by atoms with Crippen LogP contribution in [-0.2, 0) is 0 Å². The smallest absolute Gasteiger partial charge is 0.296 e. The third-order valence-corrected chi connectivity index (χ3v) is 2.72. The Morgan fingerprint density at radius 3 is 2.30 bits per heavy atom. The molecule has 1 N–H and O–H groups in total. The molecule has 6 nitrogen and oxygen atoms in total. The molecular weight excluding hydrogens is 258 g/mol. The van der Waals surface area contributed by atoms with Crippen molar-refractivity contribution in [3.05, 3.63) is 57.6 Å². The summed E-state index contributed by atoms with van der Waals surface area (Å²) in [5.74, 6) is -0.0193. The number of benzene rings is 2. The fraction of sp³-hybridized carbons (Fsp3) is 0.143. The van der Waals surface area contributed by atoms with Gasteiger partial charge in [0.1, 0.15) is 11.4 Å². The second kappa shape index (κ2) is 5.48. The molecule has 2 rings (SSSR count). The van der Waals surface area contributed by atoms with Crippen molar-refractivity contribution in [1.29, 1.82) is 0 Å². The molecule has 20 heavy (non-hydrogen) atoms. The fourth-order valence-corrected chi connectivity index (χ4v) is 1.69. The van der Waals surface area contributed by atoms with Crippen molar-refractivity contribution in [3.8, 4) is 5.75 Å². The van der Waals surface area contributed by atoms with Gasteiger partial charge >= 0.3 is 0 Å². The SMILES string of the molecule is Cc1ccc(O)c(N=Nc2ccc(C)cc2[N+](=O)[O-])c1. The fourth-order valence-electron chi connectivity index (χ4n) is 1.69. The van der Waals surface area contributed by atoms with Crippen LogP contribution >= 0.6 is 0 Å². The van der Waals surface area contributed by atoms with Crippen LogP contribution in [-0.4, -0.2) is 10.0 Å². The van der Waals surface area contributed by atoms with Gasteiger partial charge in [-0.1, -0.05) is 12.1 Å². The van der Waals surface area contributed by atoms with Gasteiger partial charge < -0.3 is 5.11 Å². The summed E-state index contributed by atoms with van der Waals surface area (Å²) < 4.78 is 0. The van der Waals surface area contributed by atoms with Gasteiger partial charge in [0.15, 0.2) is 5.69 Å². The summed E-state index contributed by atoms with van der Waals surface area (Å²) in [5.41, 5.74) is 2.01. The molecule has 0 atom stereocenters. The lowest BCUT2D eigenvalue weighted by Gasteiger charge is -2.00. The van der Waals surface area contributed by atoms with Gasteiger partial charge in [0.05, 0.1) is 4.92 Å². The molecule has 0 unspecified atom stereocenters. The first-order chi connectivity index (χ1) is 9.47. The highest BCUT2D eigenvalue weighted by atomic mass is 16.6. The van der Waals surface area contributed by atoms with Gasteiger partial charge in [0.25, 0.3) is 5.69 Å². The van der Waals surface area contributed by atoms with Gasteiger partial charge in [0.2, 0.25) is 0 Å². The van der Waals surface area contributed by atoms with E-state index in [0.29, 0.717) is 0 Å². The Morgan fingerprint density at radius 1 is 1.00 bits per heavy atom. The minimum absolute atomic E-state index is 0.0193. The van der Waals surface area contributed by atoms with Crippen molar-refractivity contribution in [1.82, 2.24) is 0 Å². The second-order valence-corrected chi connectivity index (χ2v) is 4.44. The first-order valence-corrected chi connectivity index (χ1v) is 5.94. The Morgan fingerprint density at radius 2 is 1.60 bits per heavy atom. The van der Waals surface area contributed by atoms with Crippen LogP contribution in [0.3, 0.4) is 0 Å². The molecule has 0 spiro atoms. The summed E-state index contributed by atoms with van der Waals surface area (Å²) in [4.78, 5) is 10.5. The normalized spacial score (nSPS) is 10.9. The maximum Gasteiger partial charge on any atom is 0.296 e. The Bertz CT molecular complexity index is 696. The summed E-state index contributed by atoms with van der Waals surface area (Å²) in [6.07, 6.45) is 0. The van der Waals surface area contributed by atoms with Crippen molar-refractivity contribution < 1.29 is 10.0 Å². The largest absolute Gasteiger partial charge is 0.506 e. The highest BCUT2D eigenvalue weighted by Gasteiger charge is 2.13. The van der Waals surface area contributed by atoms with Gasteiger partial charge in [-0.05, 0) is 43.2 Å². The number of rotatable bonds is 3. The first kappa shape index (κ1) is 13.7. The minimum Gasteiger partial charge on any atom is -0.506 e. The van der Waals surface area contributed by atoms with Crippen molar-refractivity contribution in [2.45, 2.75) is 13.8 Å². The molecule has 0 saturated carbocycles. The molecule has 2 aromatic carbocycles. The summed E-state index contributed by atoms with van der Waals surface area (Å²) in [5, 5.41) is 28.4. The third-order valence-electron chi connectivity index (χ3n) is 2.72. The number of aromatic hydroxyl groups is 1. The number of hydrogen-bond donors (Lipinski definition) is 1. The molecular formula is C14H13N3O3. The lowest BCUT2D eigenvalue weighted by molar-refractivity contribution is -0.384. The number of azo groups is 1. The average molecular weight is 271 g/mol. The standard InChI is InChI=1S/C14H13N3O3/c1-9-4-6-14(18)12(7-9)16-15-11-5-3-10(2)8-13(11)17(19)20/h3-8,18H,1-2H3. The number of aryl methyl sites for hydroxylation is 2. The predicted molar refractivity (Wildman–Crippen MR) is 74.9 cm³/mol. The Balaban J connectivity index is 2.41. The van der Waals surface area contributed by atoms with Gasteiger partial charge in [-0.15, -0.1) is 10.2 Å². The molecule has 0 aliphatic carbocycles. The molecule has 0 amide bonds. The number of phenols is 1. The number of nitrogens with zero attached hydrogens (tertiary/aromatic N) is 3. The second-order valence-electron chi connectivity index (χ2n) is 4.44. The van der Waals surface area contributed by atoms with E-state index in [1.807, 2.05) is 6.92 Å². The van der Waals surface area contributed by atoms with E-state index in [4.69, 9.17) is 0 Å². The Kier molecular flexibility index (Phi) is 3.74. The molecule has 2 aromatic rings. The molecule has 0 bridgehead atoms. The highest BCUT2D eigenvalue weighted by Crippen LogP contribution is 2.32. The molecule has 102 valence electrons. The zero-order valence-corrected chi connectivity index (χ0v) is 11.1. The van der Waals surface area contributed by atoms with E-state index in [1.165, 1.54) is 18.2 Å². The van der Waals surface area contributed by atoms with Crippen molar-refractivity contribution in [3.63, 3.8) is 0 Å². The Hall–Kier alpha value is -2.76. The van der Waals surface area contributed by atoms with Gasteiger partial charge in [-0.25, -0.2) is 0 Å². The summed E-state index contributed by atoms with van der Waals surface area (Å²) in [7, 11) is 0. The molecule has 0 fully saturated rings. The monoisotopic (exact) mass is 271 g/mol. The lowest BCUT2D eigenvalue weighted by Crippen LogP contribution is -1.88. The maximum atomic E-state index is 11.0. The Labute approximate surface area is 115 Å². The van der Waals surface area contributed by atoms with Crippen LogP contribution in [0, 0.1) is 24.0 Å². The molecule has 0 heterocycles.